The van der Waals surface area contributed by atoms with Gasteiger partial charge in [0, 0.05) is 0 Å². The van der Waals surface area contributed by atoms with Crippen molar-refractivity contribution in [3.63, 3.8) is 0 Å². The van der Waals surface area contributed by atoms with Gasteiger partial charge in [0.2, 0.25) is 0 Å². The van der Waals surface area contributed by atoms with Crippen molar-refractivity contribution in [1.29, 1.82) is 0 Å². The van der Waals surface area contributed by atoms with Gasteiger partial charge in [0.05, 0.1) is 11.1 Å². The summed E-state index contributed by atoms with van der Waals surface area (Å²) in [5, 5.41) is 10.0. The predicted molar refractivity (Wildman–Crippen MR) is 66.9 cm³/mol. The number of halogens is 6. The lowest BCUT2D eigenvalue weighted by atomic mass is 9.98. The second-order valence-electron chi connectivity index (χ2n) is 4.65. The van der Waals surface area contributed by atoms with E-state index in [0.29, 0.717) is 0 Å². The maximum absolute atomic E-state index is 12.6. The van der Waals surface area contributed by atoms with Gasteiger partial charge in [-0.3, -0.25) is 0 Å². The van der Waals surface area contributed by atoms with E-state index in [1.54, 1.807) is 0 Å². The van der Waals surface area contributed by atoms with E-state index in [0.717, 1.165) is 42.5 Å². The molecule has 0 unspecified atom stereocenters. The molecule has 1 nitrogen and oxygen atoms in total. The van der Waals surface area contributed by atoms with Gasteiger partial charge >= 0.3 is 12.4 Å². The SMILES string of the molecule is O[C@H](c1ccc(C(F)(F)F)cc1)c1cccc(C(F)(F)F)c1. The first kappa shape index (κ1) is 16.4. The minimum atomic E-state index is -4.56. The summed E-state index contributed by atoms with van der Waals surface area (Å²) in [5.74, 6) is 0. The zero-order valence-electron chi connectivity index (χ0n) is 10.9. The molecule has 0 aliphatic heterocycles. The Morgan fingerprint density at radius 2 is 1.23 bits per heavy atom. The quantitative estimate of drug-likeness (QED) is 0.788. The Bertz CT molecular complexity index is 642. The molecule has 0 aliphatic rings. The van der Waals surface area contributed by atoms with E-state index in [1.165, 1.54) is 6.07 Å². The highest BCUT2D eigenvalue weighted by atomic mass is 19.4. The summed E-state index contributed by atoms with van der Waals surface area (Å²) in [6.45, 7) is 0. The van der Waals surface area contributed by atoms with Gasteiger partial charge in [-0.05, 0) is 35.4 Å². The maximum Gasteiger partial charge on any atom is 0.416 e. The number of alkyl halides is 6. The van der Waals surface area contributed by atoms with Crippen LogP contribution in [0, 0.1) is 0 Å². The molecule has 2 rings (SSSR count). The first-order chi connectivity index (χ1) is 10.1. The summed E-state index contributed by atoms with van der Waals surface area (Å²) >= 11 is 0. The summed E-state index contributed by atoms with van der Waals surface area (Å²) in [5.41, 5.74) is -1.80. The second-order valence-corrected chi connectivity index (χ2v) is 4.65. The third-order valence-electron chi connectivity index (χ3n) is 3.08. The second kappa shape index (κ2) is 5.64. The topological polar surface area (TPSA) is 20.2 Å². The van der Waals surface area contributed by atoms with Crippen LogP contribution in [-0.4, -0.2) is 5.11 Å². The fraction of sp³-hybridized carbons (Fsp3) is 0.200. The van der Waals surface area contributed by atoms with Crippen LogP contribution in [0.1, 0.15) is 28.4 Å². The molecule has 1 N–H and O–H groups in total. The summed E-state index contributed by atoms with van der Waals surface area (Å²) in [6.07, 6.45) is -10.5. The van der Waals surface area contributed by atoms with E-state index < -0.39 is 29.6 Å². The molecule has 0 bridgehead atoms. The molecule has 2 aromatic rings. The first-order valence-corrected chi connectivity index (χ1v) is 6.11. The van der Waals surface area contributed by atoms with Crippen LogP contribution in [0.3, 0.4) is 0 Å². The summed E-state index contributed by atoms with van der Waals surface area (Å²) in [4.78, 5) is 0. The summed E-state index contributed by atoms with van der Waals surface area (Å²) < 4.78 is 75.2. The van der Waals surface area contributed by atoms with Gasteiger partial charge in [0.25, 0.3) is 0 Å². The van der Waals surface area contributed by atoms with E-state index in [9.17, 15) is 31.4 Å². The zero-order valence-corrected chi connectivity index (χ0v) is 10.9. The van der Waals surface area contributed by atoms with Crippen LogP contribution in [0.4, 0.5) is 26.3 Å². The predicted octanol–water partition coefficient (Wildman–Crippen LogP) is 4.81. The minimum Gasteiger partial charge on any atom is -0.384 e. The van der Waals surface area contributed by atoms with Crippen molar-refractivity contribution in [2.45, 2.75) is 18.5 Å². The minimum absolute atomic E-state index is 0.0467. The maximum atomic E-state index is 12.6. The van der Waals surface area contributed by atoms with Crippen LogP contribution >= 0.6 is 0 Å². The lowest BCUT2D eigenvalue weighted by Gasteiger charge is -2.15. The van der Waals surface area contributed by atoms with E-state index in [-0.39, 0.29) is 11.1 Å². The number of benzene rings is 2. The molecule has 0 fully saturated rings. The van der Waals surface area contributed by atoms with Gasteiger partial charge < -0.3 is 5.11 Å². The smallest absolute Gasteiger partial charge is 0.384 e. The third kappa shape index (κ3) is 3.59. The average molecular weight is 320 g/mol. The van der Waals surface area contributed by atoms with Crippen LogP contribution in [0.5, 0.6) is 0 Å². The van der Waals surface area contributed by atoms with E-state index >= 15 is 0 Å². The Balaban J connectivity index is 2.30. The Labute approximate surface area is 121 Å². The Morgan fingerprint density at radius 3 is 1.73 bits per heavy atom. The molecular formula is C15H10F6O. The van der Waals surface area contributed by atoms with Crippen LogP contribution in [0.2, 0.25) is 0 Å². The number of hydrogen-bond acceptors (Lipinski definition) is 1. The largest absolute Gasteiger partial charge is 0.416 e. The molecule has 22 heavy (non-hydrogen) atoms. The molecule has 7 heteroatoms. The third-order valence-corrected chi connectivity index (χ3v) is 3.08. The molecule has 0 spiro atoms. The van der Waals surface area contributed by atoms with Crippen LogP contribution < -0.4 is 0 Å². The Morgan fingerprint density at radius 1 is 0.682 bits per heavy atom. The van der Waals surface area contributed by atoms with Crippen LogP contribution in [0.15, 0.2) is 48.5 Å². The lowest BCUT2D eigenvalue weighted by molar-refractivity contribution is -0.138. The number of rotatable bonds is 2. The molecule has 0 saturated carbocycles. The van der Waals surface area contributed by atoms with Gasteiger partial charge in [-0.15, -0.1) is 0 Å². The first-order valence-electron chi connectivity index (χ1n) is 6.11. The van der Waals surface area contributed by atoms with Crippen molar-refractivity contribution in [2.75, 3.05) is 0 Å². The zero-order chi connectivity index (χ0) is 16.5. The van der Waals surface area contributed by atoms with Crippen molar-refractivity contribution in [2.24, 2.45) is 0 Å². The Kier molecular flexibility index (Phi) is 4.19. The van der Waals surface area contributed by atoms with Crippen molar-refractivity contribution in [3.05, 3.63) is 70.8 Å². The summed E-state index contributed by atoms with van der Waals surface area (Å²) in [7, 11) is 0. The molecule has 2 aromatic carbocycles. The number of aliphatic hydroxyl groups is 1. The van der Waals surface area contributed by atoms with Gasteiger partial charge in [0.15, 0.2) is 0 Å². The summed E-state index contributed by atoms with van der Waals surface area (Å²) in [6, 6.07) is 7.63. The van der Waals surface area contributed by atoms with Gasteiger partial charge in [0.1, 0.15) is 6.10 Å². The average Bonchev–Trinajstić information content (AvgIpc) is 2.45. The normalized spacial score (nSPS) is 14.0. The lowest BCUT2D eigenvalue weighted by Crippen LogP contribution is -2.08. The molecule has 0 heterocycles. The molecule has 0 saturated heterocycles. The van der Waals surface area contributed by atoms with Crippen molar-refractivity contribution >= 4 is 0 Å². The highest BCUT2D eigenvalue weighted by molar-refractivity contribution is 5.35. The highest BCUT2D eigenvalue weighted by Crippen LogP contribution is 2.33. The van der Waals surface area contributed by atoms with Crippen molar-refractivity contribution in [3.8, 4) is 0 Å². The van der Waals surface area contributed by atoms with Gasteiger partial charge in [-0.25, -0.2) is 0 Å². The fourth-order valence-corrected chi connectivity index (χ4v) is 1.93. The number of aliphatic hydroxyl groups excluding tert-OH is 1. The van der Waals surface area contributed by atoms with Gasteiger partial charge in [-0.2, -0.15) is 26.3 Å². The molecule has 0 radical (unpaired) electrons. The molecular weight excluding hydrogens is 310 g/mol. The van der Waals surface area contributed by atoms with E-state index in [4.69, 9.17) is 0 Å². The van der Waals surface area contributed by atoms with E-state index in [1.807, 2.05) is 0 Å². The number of hydrogen-bond donors (Lipinski definition) is 1. The van der Waals surface area contributed by atoms with Crippen LogP contribution in [0.25, 0.3) is 0 Å². The molecule has 0 amide bonds. The molecule has 1 atom stereocenters. The van der Waals surface area contributed by atoms with E-state index in [2.05, 4.69) is 0 Å². The van der Waals surface area contributed by atoms with Crippen molar-refractivity contribution in [1.82, 2.24) is 0 Å². The Hall–Kier alpha value is -2.02. The molecule has 0 aromatic heterocycles. The highest BCUT2D eigenvalue weighted by Gasteiger charge is 2.32. The molecule has 0 aliphatic carbocycles. The van der Waals surface area contributed by atoms with Crippen molar-refractivity contribution < 1.29 is 31.4 Å². The van der Waals surface area contributed by atoms with Crippen LogP contribution in [-0.2, 0) is 12.4 Å². The fourth-order valence-electron chi connectivity index (χ4n) is 1.93. The van der Waals surface area contributed by atoms with Gasteiger partial charge in [-0.1, -0.05) is 24.3 Å². The standard InChI is InChI=1S/C15H10F6O/c16-14(17,18)11-6-4-9(5-7-11)13(22)10-2-1-3-12(8-10)15(19,20)21/h1-8,13,22H/t13-/m1/s1. The molecule has 118 valence electrons. The monoisotopic (exact) mass is 320 g/mol.